The monoisotopic (exact) mass is 572 g/mol. The lowest BCUT2D eigenvalue weighted by Gasteiger charge is -2.25. The zero-order valence-corrected chi connectivity index (χ0v) is 22.2. The number of hydrogen-bond donors (Lipinski definition) is 1. The molecule has 0 bridgehead atoms. The van der Waals surface area contributed by atoms with Gasteiger partial charge in [-0.05, 0) is 42.5 Å². The molecule has 4 aromatic carbocycles. The molecule has 0 unspecified atom stereocenters. The Bertz CT molecular complexity index is 1560. The fraction of sp³-hybridized carbons (Fsp3) is 0.0370. The number of ketones is 1. The standard InChI is InChI=1S/C27H19Cl3N2O4S/c28-19-14-15-23(21(16-19)27(34)18-8-3-1-4-9-18)31-25(33)17-32(24-13-7-12-22(29)26(24)30)37(35,36)20-10-5-2-6-11-20/h1-16H,17H2,(H,31,33). The third kappa shape index (κ3) is 5.97. The molecule has 0 spiro atoms. The van der Waals surface area contributed by atoms with Gasteiger partial charge in [0, 0.05) is 16.1 Å². The Hall–Kier alpha value is -3.36. The highest BCUT2D eigenvalue weighted by Crippen LogP contribution is 2.35. The molecule has 4 rings (SSSR count). The lowest BCUT2D eigenvalue weighted by Crippen LogP contribution is -2.38. The first-order valence-electron chi connectivity index (χ1n) is 10.9. The van der Waals surface area contributed by atoms with E-state index in [-0.39, 0.29) is 37.7 Å². The molecule has 188 valence electrons. The summed E-state index contributed by atoms with van der Waals surface area (Å²) in [7, 11) is -4.22. The smallest absolute Gasteiger partial charge is 0.264 e. The summed E-state index contributed by atoms with van der Waals surface area (Å²) >= 11 is 18.6. The van der Waals surface area contributed by atoms with Crippen LogP contribution in [0.2, 0.25) is 15.1 Å². The third-order valence-electron chi connectivity index (χ3n) is 5.35. The number of nitrogens with one attached hydrogen (secondary N) is 1. The Morgan fingerprint density at radius 1 is 0.784 bits per heavy atom. The van der Waals surface area contributed by atoms with Crippen molar-refractivity contribution in [3.63, 3.8) is 0 Å². The van der Waals surface area contributed by atoms with Gasteiger partial charge >= 0.3 is 0 Å². The Balaban J connectivity index is 1.70. The third-order valence-corrected chi connectivity index (χ3v) is 8.17. The topological polar surface area (TPSA) is 83.6 Å². The molecule has 1 N–H and O–H groups in total. The number of sulfonamides is 1. The molecule has 0 aromatic heterocycles. The minimum absolute atomic E-state index is 0.0251. The van der Waals surface area contributed by atoms with E-state index in [0.29, 0.717) is 10.6 Å². The van der Waals surface area contributed by atoms with Crippen molar-refractivity contribution >= 4 is 67.9 Å². The highest BCUT2D eigenvalue weighted by Gasteiger charge is 2.29. The average molecular weight is 574 g/mol. The van der Waals surface area contributed by atoms with Crippen LogP contribution in [0.1, 0.15) is 15.9 Å². The Labute approximate surface area is 229 Å². The largest absolute Gasteiger partial charge is 0.324 e. The van der Waals surface area contributed by atoms with E-state index in [4.69, 9.17) is 34.8 Å². The van der Waals surface area contributed by atoms with Crippen LogP contribution in [-0.2, 0) is 14.8 Å². The van der Waals surface area contributed by atoms with Crippen LogP contribution >= 0.6 is 34.8 Å². The molecule has 0 aliphatic carbocycles. The van der Waals surface area contributed by atoms with E-state index in [9.17, 15) is 18.0 Å². The molecule has 0 radical (unpaired) electrons. The van der Waals surface area contributed by atoms with Gasteiger partial charge in [-0.15, -0.1) is 0 Å². The number of hydrogen-bond acceptors (Lipinski definition) is 4. The fourth-order valence-electron chi connectivity index (χ4n) is 3.58. The van der Waals surface area contributed by atoms with Crippen LogP contribution in [0.25, 0.3) is 0 Å². The van der Waals surface area contributed by atoms with Crippen LogP contribution in [0.3, 0.4) is 0 Å². The minimum atomic E-state index is -4.22. The van der Waals surface area contributed by atoms with Crippen molar-refractivity contribution in [1.29, 1.82) is 0 Å². The van der Waals surface area contributed by atoms with E-state index in [1.165, 1.54) is 48.5 Å². The van der Waals surface area contributed by atoms with Gasteiger partial charge in [-0.2, -0.15) is 0 Å². The molecule has 1 amide bonds. The van der Waals surface area contributed by atoms with Crippen molar-refractivity contribution in [1.82, 2.24) is 0 Å². The second-order valence-corrected chi connectivity index (χ2v) is 10.9. The first-order chi connectivity index (χ1) is 17.7. The second-order valence-electron chi connectivity index (χ2n) is 7.83. The Morgan fingerprint density at radius 3 is 2.11 bits per heavy atom. The zero-order chi connectivity index (χ0) is 26.6. The van der Waals surface area contributed by atoms with Crippen molar-refractivity contribution in [2.45, 2.75) is 4.90 Å². The van der Waals surface area contributed by atoms with Gasteiger partial charge in [0.25, 0.3) is 10.0 Å². The molecule has 0 fully saturated rings. The summed E-state index contributed by atoms with van der Waals surface area (Å²) in [5.74, 6) is -1.06. The molecular weight excluding hydrogens is 555 g/mol. The van der Waals surface area contributed by atoms with Gasteiger partial charge in [-0.25, -0.2) is 8.42 Å². The number of carbonyl (C=O) groups is 2. The molecule has 0 saturated heterocycles. The summed E-state index contributed by atoms with van der Waals surface area (Å²) in [6, 6.07) is 25.1. The number of benzene rings is 4. The van der Waals surface area contributed by atoms with E-state index in [1.807, 2.05) is 0 Å². The van der Waals surface area contributed by atoms with Gasteiger partial charge in [-0.3, -0.25) is 13.9 Å². The van der Waals surface area contributed by atoms with Crippen LogP contribution in [-0.4, -0.2) is 26.7 Å². The van der Waals surface area contributed by atoms with Gasteiger partial charge in [0.05, 0.1) is 26.3 Å². The fourth-order valence-corrected chi connectivity index (χ4v) is 5.66. The Morgan fingerprint density at radius 2 is 1.43 bits per heavy atom. The van der Waals surface area contributed by atoms with Crippen molar-refractivity contribution in [3.05, 3.63) is 123 Å². The predicted octanol–water partition coefficient (Wildman–Crippen LogP) is 6.71. The van der Waals surface area contributed by atoms with E-state index >= 15 is 0 Å². The van der Waals surface area contributed by atoms with Gasteiger partial charge in [0.15, 0.2) is 5.78 Å². The van der Waals surface area contributed by atoms with E-state index in [1.54, 1.807) is 48.5 Å². The summed E-state index contributed by atoms with van der Waals surface area (Å²) in [4.78, 5) is 26.3. The lowest BCUT2D eigenvalue weighted by molar-refractivity contribution is -0.114. The maximum atomic E-state index is 13.6. The molecule has 37 heavy (non-hydrogen) atoms. The summed E-state index contributed by atoms with van der Waals surface area (Å²) in [6.45, 7) is -0.640. The van der Waals surface area contributed by atoms with Crippen molar-refractivity contribution in [2.75, 3.05) is 16.2 Å². The predicted molar refractivity (Wildman–Crippen MR) is 147 cm³/mol. The van der Waals surface area contributed by atoms with E-state index < -0.39 is 22.5 Å². The maximum Gasteiger partial charge on any atom is 0.264 e. The molecule has 0 saturated carbocycles. The van der Waals surface area contributed by atoms with E-state index in [0.717, 1.165) is 4.31 Å². The Kier molecular flexibility index (Phi) is 8.19. The van der Waals surface area contributed by atoms with Crippen LogP contribution in [0.15, 0.2) is 102 Å². The number of carbonyl (C=O) groups excluding carboxylic acids is 2. The summed E-state index contributed by atoms with van der Waals surface area (Å²) in [5.41, 5.74) is 0.770. The van der Waals surface area contributed by atoms with Gasteiger partial charge < -0.3 is 5.32 Å². The quantitative estimate of drug-likeness (QED) is 0.237. The first kappa shape index (κ1) is 26.7. The van der Waals surface area contributed by atoms with Crippen molar-refractivity contribution in [2.24, 2.45) is 0 Å². The van der Waals surface area contributed by atoms with Gasteiger partial charge in [-0.1, -0.05) is 89.4 Å². The van der Waals surface area contributed by atoms with Gasteiger partial charge in [0.2, 0.25) is 5.91 Å². The van der Waals surface area contributed by atoms with Crippen LogP contribution < -0.4 is 9.62 Å². The minimum Gasteiger partial charge on any atom is -0.324 e. The number of rotatable bonds is 8. The van der Waals surface area contributed by atoms with Crippen LogP contribution in [0, 0.1) is 0 Å². The SMILES string of the molecule is O=C(CN(c1cccc(Cl)c1Cl)S(=O)(=O)c1ccccc1)Nc1ccc(Cl)cc1C(=O)c1ccccc1. The first-order valence-corrected chi connectivity index (χ1v) is 13.5. The number of amides is 1. The molecule has 0 aliphatic rings. The second kappa shape index (κ2) is 11.4. The molecule has 0 atom stereocenters. The van der Waals surface area contributed by atoms with Gasteiger partial charge in [0.1, 0.15) is 6.54 Å². The molecule has 0 aliphatic heterocycles. The summed E-state index contributed by atoms with van der Waals surface area (Å²) < 4.78 is 28.0. The molecular formula is C27H19Cl3N2O4S. The molecule has 6 nitrogen and oxygen atoms in total. The van der Waals surface area contributed by atoms with Crippen LogP contribution in [0.4, 0.5) is 11.4 Å². The lowest BCUT2D eigenvalue weighted by atomic mass is 10.0. The highest BCUT2D eigenvalue weighted by atomic mass is 35.5. The number of anilines is 2. The van der Waals surface area contributed by atoms with Crippen molar-refractivity contribution in [3.8, 4) is 0 Å². The van der Waals surface area contributed by atoms with Crippen molar-refractivity contribution < 1.29 is 18.0 Å². The normalized spacial score (nSPS) is 11.1. The zero-order valence-electron chi connectivity index (χ0n) is 19.1. The maximum absolute atomic E-state index is 13.6. The average Bonchev–Trinajstić information content (AvgIpc) is 2.90. The van der Waals surface area contributed by atoms with E-state index in [2.05, 4.69) is 5.32 Å². The summed E-state index contributed by atoms with van der Waals surface area (Å²) in [6.07, 6.45) is 0. The van der Waals surface area contributed by atoms with Crippen LogP contribution in [0.5, 0.6) is 0 Å². The number of nitrogens with zero attached hydrogens (tertiary/aromatic N) is 1. The molecule has 4 aromatic rings. The highest BCUT2D eigenvalue weighted by molar-refractivity contribution is 7.92. The number of halogens is 3. The molecule has 0 heterocycles. The summed E-state index contributed by atoms with van der Waals surface area (Å²) in [5, 5.41) is 3.05. The molecule has 10 heteroatoms.